The third kappa shape index (κ3) is 3.37. The molecule has 1 heterocycles. The quantitative estimate of drug-likeness (QED) is 0.656. The summed E-state index contributed by atoms with van der Waals surface area (Å²) in [6, 6.07) is 11.8. The molecular formula is C12H10IN3S. The number of hydrogen-bond acceptors (Lipinski definition) is 3. The summed E-state index contributed by atoms with van der Waals surface area (Å²) in [5.74, 6) is 0.770. The summed E-state index contributed by atoms with van der Waals surface area (Å²) >= 11 is 7.14. The Labute approximate surface area is 119 Å². The number of benzene rings is 1. The minimum atomic E-state index is 0.360. The van der Waals surface area contributed by atoms with Crippen molar-refractivity contribution >= 4 is 51.3 Å². The van der Waals surface area contributed by atoms with Crippen molar-refractivity contribution in [2.24, 2.45) is 5.73 Å². The highest BCUT2D eigenvalue weighted by Gasteiger charge is 1.99. The molecule has 3 nitrogen and oxygen atoms in total. The van der Waals surface area contributed by atoms with Crippen LogP contribution in [0.5, 0.6) is 0 Å². The zero-order chi connectivity index (χ0) is 12.3. The van der Waals surface area contributed by atoms with E-state index in [1.54, 1.807) is 6.20 Å². The Morgan fingerprint density at radius 3 is 2.71 bits per heavy atom. The lowest BCUT2D eigenvalue weighted by atomic mass is 10.3. The third-order valence-electron chi connectivity index (χ3n) is 2.15. The molecule has 0 amide bonds. The number of pyridine rings is 1. The lowest BCUT2D eigenvalue weighted by Gasteiger charge is -2.06. The van der Waals surface area contributed by atoms with Crippen molar-refractivity contribution in [3.63, 3.8) is 0 Å². The second-order valence-electron chi connectivity index (χ2n) is 3.43. The topological polar surface area (TPSA) is 50.9 Å². The van der Waals surface area contributed by atoms with Crippen LogP contribution in [0.15, 0.2) is 42.6 Å². The zero-order valence-corrected chi connectivity index (χ0v) is 11.8. The molecule has 1 aromatic heterocycles. The standard InChI is InChI=1S/C12H10IN3S/c13-9-2-1-3-10(6-9)16-11-5-4-8(7-15-11)12(14)17/h1-7H,(H2,14,17)(H,15,16). The summed E-state index contributed by atoms with van der Waals surface area (Å²) in [4.78, 5) is 4.60. The second kappa shape index (κ2) is 5.42. The van der Waals surface area contributed by atoms with Crippen molar-refractivity contribution in [3.8, 4) is 0 Å². The molecular weight excluding hydrogens is 345 g/mol. The number of nitrogens with zero attached hydrogens (tertiary/aromatic N) is 1. The van der Waals surface area contributed by atoms with Gasteiger partial charge in [-0.25, -0.2) is 4.98 Å². The van der Waals surface area contributed by atoms with Crippen LogP contribution < -0.4 is 11.1 Å². The molecule has 5 heteroatoms. The number of nitrogens with one attached hydrogen (secondary N) is 1. The molecule has 0 fully saturated rings. The highest BCUT2D eigenvalue weighted by molar-refractivity contribution is 14.1. The van der Waals surface area contributed by atoms with Crippen LogP contribution in [0.25, 0.3) is 0 Å². The molecule has 3 N–H and O–H groups in total. The summed E-state index contributed by atoms with van der Waals surface area (Å²) in [6.07, 6.45) is 1.67. The van der Waals surface area contributed by atoms with E-state index in [0.717, 1.165) is 17.1 Å². The number of rotatable bonds is 3. The summed E-state index contributed by atoms with van der Waals surface area (Å²) in [5, 5.41) is 3.21. The van der Waals surface area contributed by atoms with E-state index in [1.807, 2.05) is 36.4 Å². The van der Waals surface area contributed by atoms with Crippen LogP contribution in [0.4, 0.5) is 11.5 Å². The Balaban J connectivity index is 2.16. The van der Waals surface area contributed by atoms with E-state index in [4.69, 9.17) is 18.0 Å². The van der Waals surface area contributed by atoms with Crippen LogP contribution in [0.3, 0.4) is 0 Å². The second-order valence-corrected chi connectivity index (χ2v) is 5.12. The molecule has 0 bridgehead atoms. The van der Waals surface area contributed by atoms with E-state index in [0.29, 0.717) is 4.99 Å². The molecule has 17 heavy (non-hydrogen) atoms. The van der Waals surface area contributed by atoms with Gasteiger partial charge >= 0.3 is 0 Å². The predicted molar refractivity (Wildman–Crippen MR) is 82.6 cm³/mol. The van der Waals surface area contributed by atoms with Gasteiger partial charge in [0.1, 0.15) is 10.8 Å². The van der Waals surface area contributed by atoms with E-state index in [-0.39, 0.29) is 0 Å². The first kappa shape index (κ1) is 12.3. The van der Waals surface area contributed by atoms with Crippen LogP contribution in [-0.2, 0) is 0 Å². The van der Waals surface area contributed by atoms with Gasteiger partial charge in [-0.2, -0.15) is 0 Å². The van der Waals surface area contributed by atoms with Gasteiger partial charge < -0.3 is 11.1 Å². The number of hydrogen-bond donors (Lipinski definition) is 2. The zero-order valence-electron chi connectivity index (χ0n) is 8.85. The van der Waals surface area contributed by atoms with E-state index in [2.05, 4.69) is 32.9 Å². The Bertz CT molecular complexity index is 540. The number of nitrogens with two attached hydrogens (primary N) is 1. The first-order chi connectivity index (χ1) is 8.15. The van der Waals surface area contributed by atoms with Crippen LogP contribution in [0.2, 0.25) is 0 Å². The van der Waals surface area contributed by atoms with E-state index in [1.165, 1.54) is 3.57 Å². The molecule has 0 unspecified atom stereocenters. The molecule has 86 valence electrons. The maximum Gasteiger partial charge on any atom is 0.130 e. The van der Waals surface area contributed by atoms with E-state index >= 15 is 0 Å². The molecule has 0 aliphatic carbocycles. The first-order valence-electron chi connectivity index (χ1n) is 4.93. The molecule has 2 aromatic rings. The van der Waals surface area contributed by atoms with Crippen molar-refractivity contribution in [3.05, 3.63) is 51.7 Å². The van der Waals surface area contributed by atoms with Crippen molar-refractivity contribution in [2.75, 3.05) is 5.32 Å². The van der Waals surface area contributed by atoms with Crippen molar-refractivity contribution in [2.45, 2.75) is 0 Å². The van der Waals surface area contributed by atoms with Crippen molar-refractivity contribution in [1.29, 1.82) is 0 Å². The Morgan fingerprint density at radius 2 is 2.12 bits per heavy atom. The average Bonchev–Trinajstić information content (AvgIpc) is 2.29. The van der Waals surface area contributed by atoms with Gasteiger partial charge in [-0.3, -0.25) is 0 Å². The van der Waals surface area contributed by atoms with Crippen LogP contribution in [-0.4, -0.2) is 9.97 Å². The average molecular weight is 355 g/mol. The minimum absolute atomic E-state index is 0.360. The Kier molecular flexibility index (Phi) is 3.90. The lowest BCUT2D eigenvalue weighted by Crippen LogP contribution is -2.09. The molecule has 0 radical (unpaired) electrons. The number of halogens is 1. The maximum absolute atomic E-state index is 5.51. The summed E-state index contributed by atoms with van der Waals surface area (Å²) in [7, 11) is 0. The van der Waals surface area contributed by atoms with Gasteiger partial charge in [0.2, 0.25) is 0 Å². The van der Waals surface area contributed by atoms with Gasteiger partial charge in [0.25, 0.3) is 0 Å². The number of aromatic nitrogens is 1. The normalized spacial score (nSPS) is 9.94. The fraction of sp³-hybridized carbons (Fsp3) is 0. The fourth-order valence-corrected chi connectivity index (χ4v) is 1.99. The highest BCUT2D eigenvalue weighted by Crippen LogP contribution is 2.17. The molecule has 0 atom stereocenters. The largest absolute Gasteiger partial charge is 0.389 e. The van der Waals surface area contributed by atoms with Gasteiger partial charge in [-0.1, -0.05) is 18.3 Å². The molecule has 0 aliphatic heterocycles. The molecule has 1 aromatic carbocycles. The van der Waals surface area contributed by atoms with Gasteiger partial charge in [0, 0.05) is 21.0 Å². The fourth-order valence-electron chi connectivity index (χ4n) is 1.33. The Morgan fingerprint density at radius 1 is 1.29 bits per heavy atom. The SMILES string of the molecule is NC(=S)c1ccc(Nc2cccc(I)c2)nc1. The van der Waals surface area contributed by atoms with E-state index < -0.39 is 0 Å². The summed E-state index contributed by atoms with van der Waals surface area (Å²) < 4.78 is 1.17. The van der Waals surface area contributed by atoms with E-state index in [9.17, 15) is 0 Å². The highest BCUT2D eigenvalue weighted by atomic mass is 127. The molecule has 0 spiro atoms. The van der Waals surface area contributed by atoms with Crippen molar-refractivity contribution < 1.29 is 0 Å². The van der Waals surface area contributed by atoms with Crippen LogP contribution >= 0.6 is 34.8 Å². The predicted octanol–water partition coefficient (Wildman–Crippen LogP) is 3.06. The van der Waals surface area contributed by atoms with Crippen molar-refractivity contribution in [1.82, 2.24) is 4.98 Å². The minimum Gasteiger partial charge on any atom is -0.389 e. The lowest BCUT2D eigenvalue weighted by molar-refractivity contribution is 1.30. The molecule has 0 saturated heterocycles. The molecule has 2 rings (SSSR count). The maximum atomic E-state index is 5.51. The Hall–Kier alpha value is -1.21. The first-order valence-corrected chi connectivity index (χ1v) is 6.42. The summed E-state index contributed by atoms with van der Waals surface area (Å²) in [6.45, 7) is 0. The van der Waals surface area contributed by atoms with Crippen LogP contribution in [0.1, 0.15) is 5.56 Å². The van der Waals surface area contributed by atoms with Gasteiger partial charge in [-0.05, 0) is 52.9 Å². The van der Waals surface area contributed by atoms with Gasteiger partial charge in [0.05, 0.1) is 0 Å². The molecule has 0 saturated carbocycles. The van der Waals surface area contributed by atoms with Crippen LogP contribution in [0, 0.1) is 3.57 Å². The summed E-state index contributed by atoms with van der Waals surface area (Å²) in [5.41, 5.74) is 7.28. The van der Waals surface area contributed by atoms with Gasteiger partial charge in [0.15, 0.2) is 0 Å². The third-order valence-corrected chi connectivity index (χ3v) is 3.05. The number of anilines is 2. The smallest absolute Gasteiger partial charge is 0.130 e. The molecule has 0 aliphatic rings. The number of thiocarbonyl (C=S) groups is 1. The van der Waals surface area contributed by atoms with Gasteiger partial charge in [-0.15, -0.1) is 0 Å². The monoisotopic (exact) mass is 355 g/mol.